The van der Waals surface area contributed by atoms with E-state index in [0.717, 1.165) is 54.8 Å². The van der Waals surface area contributed by atoms with E-state index in [1.54, 1.807) is 7.11 Å². The molecule has 38 heavy (non-hydrogen) atoms. The Morgan fingerprint density at radius 2 is 1.84 bits per heavy atom. The van der Waals surface area contributed by atoms with Gasteiger partial charge in [-0.05, 0) is 65.4 Å². The highest BCUT2D eigenvalue weighted by atomic mass is 32.2. The third kappa shape index (κ3) is 6.33. The molecule has 3 aromatic rings. The van der Waals surface area contributed by atoms with Crippen molar-refractivity contribution in [2.75, 3.05) is 29.6 Å². The minimum Gasteiger partial charge on any atom is -0.497 e. The SMILES string of the molecule is C=C(/C=C/c1cccc(N(Cc2ccc(-c3ccc4c(c3)SCCN4)cc2)C(=O)C2CCCCC2)c1)OC. The molecule has 196 valence electrons. The van der Waals surface area contributed by atoms with Gasteiger partial charge in [0.25, 0.3) is 0 Å². The summed E-state index contributed by atoms with van der Waals surface area (Å²) >= 11 is 1.91. The van der Waals surface area contributed by atoms with E-state index in [-0.39, 0.29) is 11.8 Å². The number of methoxy groups -OCH3 is 1. The number of carbonyl (C=O) groups is 1. The Morgan fingerprint density at radius 3 is 2.63 bits per heavy atom. The van der Waals surface area contributed by atoms with Crippen LogP contribution in [0, 0.1) is 5.92 Å². The Morgan fingerprint density at radius 1 is 1.05 bits per heavy atom. The molecule has 1 amide bonds. The second-order valence-electron chi connectivity index (χ2n) is 10.0. The molecule has 2 aliphatic rings. The third-order valence-electron chi connectivity index (χ3n) is 7.41. The molecule has 1 saturated carbocycles. The van der Waals surface area contributed by atoms with Crippen molar-refractivity contribution in [2.24, 2.45) is 5.92 Å². The van der Waals surface area contributed by atoms with Crippen molar-refractivity contribution in [3.63, 3.8) is 0 Å². The monoisotopic (exact) mass is 524 g/mol. The van der Waals surface area contributed by atoms with Crippen LogP contribution >= 0.6 is 11.8 Å². The lowest BCUT2D eigenvalue weighted by Gasteiger charge is -2.30. The summed E-state index contributed by atoms with van der Waals surface area (Å²) in [5, 5.41) is 3.47. The van der Waals surface area contributed by atoms with E-state index in [4.69, 9.17) is 4.74 Å². The van der Waals surface area contributed by atoms with Crippen LogP contribution in [0.4, 0.5) is 11.4 Å². The van der Waals surface area contributed by atoms with Crippen molar-refractivity contribution in [1.82, 2.24) is 0 Å². The Kier molecular flexibility index (Phi) is 8.54. The van der Waals surface area contributed by atoms with Crippen LogP contribution in [0.3, 0.4) is 0 Å². The molecule has 1 aliphatic carbocycles. The van der Waals surface area contributed by atoms with E-state index < -0.39 is 0 Å². The summed E-state index contributed by atoms with van der Waals surface area (Å²) < 4.78 is 5.16. The van der Waals surface area contributed by atoms with Gasteiger partial charge in [-0.25, -0.2) is 0 Å². The van der Waals surface area contributed by atoms with E-state index in [9.17, 15) is 4.79 Å². The molecule has 1 N–H and O–H groups in total. The Hall–Kier alpha value is -3.44. The number of benzene rings is 3. The number of fused-ring (bicyclic) bond motifs is 1. The molecule has 5 heteroatoms. The number of ether oxygens (including phenoxy) is 1. The second kappa shape index (κ2) is 12.4. The zero-order valence-electron chi connectivity index (χ0n) is 22.1. The molecule has 0 bridgehead atoms. The Bertz CT molecular complexity index is 1310. The molecule has 0 saturated heterocycles. The fourth-order valence-corrected chi connectivity index (χ4v) is 6.15. The molecule has 1 heterocycles. The van der Waals surface area contributed by atoms with Gasteiger partial charge >= 0.3 is 0 Å². The molecule has 0 spiro atoms. The molecule has 1 aliphatic heterocycles. The molecule has 1 fully saturated rings. The van der Waals surface area contributed by atoms with Crippen molar-refractivity contribution < 1.29 is 9.53 Å². The third-order valence-corrected chi connectivity index (χ3v) is 8.47. The van der Waals surface area contributed by atoms with Gasteiger partial charge in [-0.2, -0.15) is 0 Å². The summed E-state index contributed by atoms with van der Waals surface area (Å²) in [6.07, 6.45) is 9.27. The summed E-state index contributed by atoms with van der Waals surface area (Å²) in [5.41, 5.74) is 6.70. The molecule has 4 nitrogen and oxygen atoms in total. The highest BCUT2D eigenvalue weighted by molar-refractivity contribution is 7.99. The Labute approximate surface area is 230 Å². The van der Waals surface area contributed by atoms with Crippen molar-refractivity contribution in [3.8, 4) is 11.1 Å². The zero-order chi connectivity index (χ0) is 26.3. The van der Waals surface area contributed by atoms with Gasteiger partial charge in [0.15, 0.2) is 0 Å². The van der Waals surface area contributed by atoms with Gasteiger partial charge in [0.1, 0.15) is 5.76 Å². The highest BCUT2D eigenvalue weighted by Crippen LogP contribution is 2.35. The first-order valence-corrected chi connectivity index (χ1v) is 14.5. The second-order valence-corrected chi connectivity index (χ2v) is 11.2. The van der Waals surface area contributed by atoms with Gasteiger partial charge in [-0.15, -0.1) is 11.8 Å². The number of hydrogen-bond donors (Lipinski definition) is 1. The van der Waals surface area contributed by atoms with Gasteiger partial charge in [-0.1, -0.05) is 74.4 Å². The largest absolute Gasteiger partial charge is 0.497 e. The first-order chi connectivity index (χ1) is 18.6. The number of nitrogens with zero attached hydrogens (tertiary/aromatic N) is 1. The average molecular weight is 525 g/mol. The molecule has 5 rings (SSSR count). The quantitative estimate of drug-likeness (QED) is 0.238. The molecule has 0 atom stereocenters. The first kappa shape index (κ1) is 26.2. The van der Waals surface area contributed by atoms with Crippen LogP contribution in [0.5, 0.6) is 0 Å². The number of nitrogens with one attached hydrogen (secondary N) is 1. The maximum absolute atomic E-state index is 13.8. The van der Waals surface area contributed by atoms with Crippen molar-refractivity contribution >= 4 is 35.1 Å². The highest BCUT2D eigenvalue weighted by Gasteiger charge is 2.27. The van der Waals surface area contributed by atoms with Crippen molar-refractivity contribution in [2.45, 2.75) is 43.5 Å². The number of rotatable bonds is 8. The van der Waals surface area contributed by atoms with Crippen molar-refractivity contribution in [3.05, 3.63) is 96.3 Å². The predicted octanol–water partition coefficient (Wildman–Crippen LogP) is 8.16. The van der Waals surface area contributed by atoms with Crippen LogP contribution in [-0.2, 0) is 16.1 Å². The average Bonchev–Trinajstić information content (AvgIpc) is 2.99. The Balaban J connectivity index is 1.39. The van der Waals surface area contributed by atoms with E-state index >= 15 is 0 Å². The number of allylic oxidation sites excluding steroid dienone is 1. The van der Waals surface area contributed by atoms with Crippen molar-refractivity contribution in [1.29, 1.82) is 0 Å². The van der Waals surface area contributed by atoms with Gasteiger partial charge in [0.05, 0.1) is 13.7 Å². The van der Waals surface area contributed by atoms with E-state index in [1.807, 2.05) is 47.0 Å². The summed E-state index contributed by atoms with van der Waals surface area (Å²) in [6.45, 7) is 5.43. The van der Waals surface area contributed by atoms with Crippen LogP contribution in [0.2, 0.25) is 0 Å². The molecular weight excluding hydrogens is 488 g/mol. The minimum absolute atomic E-state index is 0.0945. The predicted molar refractivity (Wildman–Crippen MR) is 160 cm³/mol. The lowest BCUT2D eigenvalue weighted by molar-refractivity contribution is -0.123. The van der Waals surface area contributed by atoms with Crippen LogP contribution in [0.15, 0.2) is 90.0 Å². The van der Waals surface area contributed by atoms with Gasteiger partial charge in [0, 0.05) is 34.5 Å². The number of hydrogen-bond acceptors (Lipinski definition) is 4. The molecule has 3 aromatic carbocycles. The minimum atomic E-state index is 0.0945. The molecular formula is C33H36N2O2S. The summed E-state index contributed by atoms with van der Waals surface area (Å²) in [6, 6.07) is 23.5. The lowest BCUT2D eigenvalue weighted by Crippen LogP contribution is -2.36. The van der Waals surface area contributed by atoms with E-state index in [1.165, 1.54) is 28.1 Å². The van der Waals surface area contributed by atoms with Gasteiger partial charge in [-0.3, -0.25) is 4.79 Å². The maximum atomic E-state index is 13.8. The summed E-state index contributed by atoms with van der Waals surface area (Å²) in [4.78, 5) is 17.1. The van der Waals surface area contributed by atoms with Gasteiger partial charge in [0.2, 0.25) is 5.91 Å². The maximum Gasteiger partial charge on any atom is 0.230 e. The topological polar surface area (TPSA) is 41.6 Å². The standard InChI is InChI=1S/C33H36N2O2S/c1-24(37-2)11-12-25-7-6-10-30(21-25)35(33(36)28-8-4-3-5-9-28)23-26-13-15-27(16-14-26)29-17-18-31-32(22-29)38-20-19-34-31/h6-7,10-18,21-22,28,34H,1,3-5,8-9,19-20,23H2,2H3/b12-11+. The summed E-state index contributed by atoms with van der Waals surface area (Å²) in [7, 11) is 1.61. The van der Waals surface area contributed by atoms with E-state index in [0.29, 0.717) is 12.3 Å². The zero-order valence-corrected chi connectivity index (χ0v) is 22.9. The number of amides is 1. The lowest BCUT2D eigenvalue weighted by atomic mass is 9.88. The molecule has 0 aromatic heterocycles. The molecule has 0 radical (unpaired) electrons. The van der Waals surface area contributed by atoms with Crippen LogP contribution < -0.4 is 10.2 Å². The fraction of sp³-hybridized carbons (Fsp3) is 0.303. The van der Waals surface area contributed by atoms with E-state index in [2.05, 4.69) is 60.4 Å². The first-order valence-electron chi connectivity index (χ1n) is 13.5. The van der Waals surface area contributed by atoms with Crippen LogP contribution in [0.1, 0.15) is 43.2 Å². The number of anilines is 2. The number of thioether (sulfide) groups is 1. The number of carbonyl (C=O) groups excluding carboxylic acids is 1. The smallest absolute Gasteiger partial charge is 0.230 e. The van der Waals surface area contributed by atoms with Gasteiger partial charge < -0.3 is 15.0 Å². The summed E-state index contributed by atoms with van der Waals surface area (Å²) in [5.74, 6) is 2.02. The molecule has 0 unspecified atom stereocenters. The van der Waals surface area contributed by atoms with Crippen LogP contribution in [-0.4, -0.2) is 25.3 Å². The fourth-order valence-electron chi connectivity index (χ4n) is 5.22. The normalized spacial score (nSPS) is 15.5. The van der Waals surface area contributed by atoms with Crippen LogP contribution in [0.25, 0.3) is 17.2 Å².